The molecule has 2 amide bonds. The van der Waals surface area contributed by atoms with Gasteiger partial charge in [-0.1, -0.05) is 44.1 Å². The van der Waals surface area contributed by atoms with Gasteiger partial charge in [0.25, 0.3) is 5.91 Å². The van der Waals surface area contributed by atoms with Crippen molar-refractivity contribution in [2.45, 2.75) is 56.9 Å². The molecule has 1 spiro atoms. The molecule has 1 saturated carbocycles. The van der Waals surface area contributed by atoms with E-state index >= 15 is 0 Å². The van der Waals surface area contributed by atoms with Crippen LogP contribution in [-0.2, 0) is 24.7 Å². The van der Waals surface area contributed by atoms with Gasteiger partial charge in [0.15, 0.2) is 0 Å². The number of benzene rings is 2. The van der Waals surface area contributed by atoms with Gasteiger partial charge in [-0.3, -0.25) is 9.59 Å². The summed E-state index contributed by atoms with van der Waals surface area (Å²) in [5.41, 5.74) is 4.08. The zero-order chi connectivity index (χ0) is 27.6. The third kappa shape index (κ3) is 6.44. The van der Waals surface area contributed by atoms with E-state index in [1.54, 1.807) is 36.8 Å². The molecule has 5 rings (SSSR count). The van der Waals surface area contributed by atoms with Gasteiger partial charge in [-0.2, -0.15) is 4.36 Å². The van der Waals surface area contributed by atoms with Gasteiger partial charge < -0.3 is 15.4 Å². The van der Waals surface area contributed by atoms with Gasteiger partial charge in [-0.25, -0.2) is 4.21 Å². The van der Waals surface area contributed by atoms with Gasteiger partial charge in [-0.05, 0) is 79.0 Å². The SMILES string of the molecule is CS(C)(=O)=Nc1cccc(C(=O)N[C@H](C(=O)Nc2ccc3c(c2)C=CC32CCOCC2)[C@H]2CC[C@H](C)CC2)c1. The van der Waals surface area contributed by atoms with E-state index in [2.05, 4.69) is 40.1 Å². The Bertz CT molecular complexity index is 1390. The molecule has 7 nitrogen and oxygen atoms in total. The Balaban J connectivity index is 1.35. The number of hydrogen-bond donors (Lipinski definition) is 2. The fourth-order valence-electron chi connectivity index (χ4n) is 6.16. The first-order valence-electron chi connectivity index (χ1n) is 13.9. The van der Waals surface area contributed by atoms with Crippen molar-refractivity contribution in [3.8, 4) is 0 Å². The molecule has 2 aromatic carbocycles. The highest BCUT2D eigenvalue weighted by molar-refractivity contribution is 7.92. The summed E-state index contributed by atoms with van der Waals surface area (Å²) >= 11 is 0. The quantitative estimate of drug-likeness (QED) is 0.484. The van der Waals surface area contributed by atoms with Crippen molar-refractivity contribution < 1.29 is 18.5 Å². The van der Waals surface area contributed by atoms with E-state index in [1.807, 2.05) is 12.1 Å². The van der Waals surface area contributed by atoms with E-state index in [1.165, 1.54) is 5.56 Å². The van der Waals surface area contributed by atoms with Crippen LogP contribution in [0.4, 0.5) is 11.4 Å². The van der Waals surface area contributed by atoms with Crippen molar-refractivity contribution in [2.24, 2.45) is 16.2 Å². The first-order chi connectivity index (χ1) is 18.6. The van der Waals surface area contributed by atoms with E-state index in [9.17, 15) is 13.8 Å². The molecule has 0 unspecified atom stereocenters. The summed E-state index contributed by atoms with van der Waals surface area (Å²) in [7, 11) is -2.36. The molecule has 1 saturated heterocycles. The Labute approximate surface area is 232 Å². The van der Waals surface area contributed by atoms with Crippen molar-refractivity contribution in [1.82, 2.24) is 5.32 Å². The van der Waals surface area contributed by atoms with E-state index in [0.29, 0.717) is 17.2 Å². The average molecular weight is 550 g/mol. The van der Waals surface area contributed by atoms with Crippen LogP contribution in [0.3, 0.4) is 0 Å². The Kier molecular flexibility index (Phi) is 7.96. The van der Waals surface area contributed by atoms with Crippen molar-refractivity contribution in [1.29, 1.82) is 0 Å². The molecule has 0 aromatic heterocycles. The molecule has 0 bridgehead atoms. The van der Waals surface area contributed by atoms with Gasteiger partial charge in [0.1, 0.15) is 6.04 Å². The molecule has 3 aliphatic rings. The molecular formula is C31H39N3O4S. The monoisotopic (exact) mass is 549 g/mol. The third-order valence-electron chi connectivity index (χ3n) is 8.36. The summed E-state index contributed by atoms with van der Waals surface area (Å²) < 4.78 is 21.9. The average Bonchev–Trinajstić information content (AvgIpc) is 3.24. The number of hydrogen-bond acceptors (Lipinski definition) is 5. The minimum Gasteiger partial charge on any atom is -0.381 e. The number of ether oxygens (including phenoxy) is 1. The fraction of sp³-hybridized carbons (Fsp3) is 0.484. The zero-order valence-electron chi connectivity index (χ0n) is 23.1. The Morgan fingerprint density at radius 2 is 1.79 bits per heavy atom. The third-order valence-corrected chi connectivity index (χ3v) is 9.01. The normalized spacial score (nSPS) is 22.6. The molecule has 1 aliphatic heterocycles. The lowest BCUT2D eigenvalue weighted by atomic mass is 9.76. The number of amides is 2. The summed E-state index contributed by atoms with van der Waals surface area (Å²) in [6, 6.07) is 12.2. The van der Waals surface area contributed by atoms with Crippen molar-refractivity contribution >= 4 is 39.0 Å². The molecule has 2 aliphatic carbocycles. The highest BCUT2D eigenvalue weighted by Crippen LogP contribution is 2.44. The standard InChI is InChI=1S/C31H39N3O4S/c1-21-7-9-22(10-8-21)28(33-29(35)24-5-4-6-26(20-24)34-39(2,3)37)30(36)32-25-11-12-27-23(19-25)13-14-31(27)15-17-38-18-16-31/h4-6,11-14,19-22,28H,7-10,15-18H2,1-3H3,(H,32,36)(H,33,35)/t21-,22-,28-/m0/s1. The van der Waals surface area contributed by atoms with Crippen LogP contribution in [0.2, 0.25) is 0 Å². The van der Waals surface area contributed by atoms with E-state index < -0.39 is 15.8 Å². The number of nitrogens with one attached hydrogen (secondary N) is 2. The predicted octanol–water partition coefficient (Wildman–Crippen LogP) is 5.68. The van der Waals surface area contributed by atoms with Gasteiger partial charge in [0, 0.05) is 52.1 Å². The first kappa shape index (κ1) is 27.6. The summed E-state index contributed by atoms with van der Waals surface area (Å²) in [6.45, 7) is 3.76. The summed E-state index contributed by atoms with van der Waals surface area (Å²) in [5.74, 6) is 0.153. The highest BCUT2D eigenvalue weighted by atomic mass is 32.2. The maximum absolute atomic E-state index is 13.7. The van der Waals surface area contributed by atoms with E-state index in [-0.39, 0.29) is 23.1 Å². The number of carbonyl (C=O) groups is 2. The topological polar surface area (TPSA) is 96.9 Å². The smallest absolute Gasteiger partial charge is 0.252 e. The Morgan fingerprint density at radius 1 is 1.05 bits per heavy atom. The van der Waals surface area contributed by atoms with Crippen LogP contribution < -0.4 is 10.6 Å². The molecule has 2 aromatic rings. The minimum atomic E-state index is -2.36. The zero-order valence-corrected chi connectivity index (χ0v) is 23.9. The number of allylic oxidation sites excluding steroid dienone is 1. The van der Waals surface area contributed by atoms with Crippen LogP contribution in [0, 0.1) is 11.8 Å². The van der Waals surface area contributed by atoms with Crippen LogP contribution >= 0.6 is 0 Å². The lowest BCUT2D eigenvalue weighted by Gasteiger charge is -2.33. The fourth-order valence-corrected chi connectivity index (χ4v) is 6.78. The Hall–Kier alpha value is -2.97. The van der Waals surface area contributed by atoms with Crippen LogP contribution in [-0.4, -0.2) is 47.8 Å². The lowest BCUT2D eigenvalue weighted by molar-refractivity contribution is -0.119. The first-order valence-corrected chi connectivity index (χ1v) is 16.3. The van der Waals surface area contributed by atoms with Crippen molar-refractivity contribution in [3.05, 3.63) is 65.2 Å². The second kappa shape index (κ2) is 11.3. The molecule has 2 N–H and O–H groups in total. The van der Waals surface area contributed by atoms with Crippen LogP contribution in [0.1, 0.15) is 66.9 Å². The Morgan fingerprint density at radius 3 is 2.51 bits per heavy atom. The molecular weight excluding hydrogens is 510 g/mol. The molecule has 208 valence electrons. The van der Waals surface area contributed by atoms with Gasteiger partial charge >= 0.3 is 0 Å². The van der Waals surface area contributed by atoms with Crippen LogP contribution in [0.15, 0.2) is 52.9 Å². The number of carbonyl (C=O) groups excluding carboxylic acids is 2. The van der Waals surface area contributed by atoms with Gasteiger partial charge in [0.2, 0.25) is 5.91 Å². The maximum atomic E-state index is 13.7. The number of fused-ring (bicyclic) bond motifs is 2. The van der Waals surface area contributed by atoms with Crippen LogP contribution in [0.5, 0.6) is 0 Å². The van der Waals surface area contributed by atoms with Gasteiger partial charge in [0.05, 0.1) is 5.69 Å². The molecule has 1 atom stereocenters. The molecule has 39 heavy (non-hydrogen) atoms. The molecule has 1 heterocycles. The summed E-state index contributed by atoms with van der Waals surface area (Å²) in [4.78, 5) is 27.0. The number of rotatable bonds is 6. The van der Waals surface area contributed by atoms with Crippen molar-refractivity contribution in [3.63, 3.8) is 0 Å². The number of nitrogens with zero attached hydrogens (tertiary/aromatic N) is 1. The summed E-state index contributed by atoms with van der Waals surface area (Å²) in [6.07, 6.45) is 13.3. The molecule has 2 fully saturated rings. The van der Waals surface area contributed by atoms with Crippen molar-refractivity contribution in [2.75, 3.05) is 31.0 Å². The van der Waals surface area contributed by atoms with E-state index in [4.69, 9.17) is 4.74 Å². The second-order valence-electron chi connectivity index (χ2n) is 11.7. The second-order valence-corrected chi connectivity index (χ2v) is 14.2. The minimum absolute atomic E-state index is 0.0367. The van der Waals surface area contributed by atoms with Gasteiger partial charge in [-0.15, -0.1) is 0 Å². The maximum Gasteiger partial charge on any atom is 0.252 e. The molecule has 8 heteroatoms. The largest absolute Gasteiger partial charge is 0.381 e. The van der Waals surface area contributed by atoms with E-state index in [0.717, 1.165) is 63.0 Å². The predicted molar refractivity (Wildman–Crippen MR) is 157 cm³/mol. The number of anilines is 1. The van der Waals surface area contributed by atoms with Crippen LogP contribution in [0.25, 0.3) is 6.08 Å². The summed E-state index contributed by atoms with van der Waals surface area (Å²) in [5, 5.41) is 6.14. The molecule has 0 radical (unpaired) electrons. The lowest BCUT2D eigenvalue weighted by Crippen LogP contribution is -2.49. The highest BCUT2D eigenvalue weighted by Gasteiger charge is 2.37.